The molecule has 1 fully saturated rings. The van der Waals surface area contributed by atoms with Crippen LogP contribution in [0.25, 0.3) is 0 Å². The molecule has 2 aliphatic rings. The Labute approximate surface area is 182 Å². The number of anilines is 1. The van der Waals surface area contributed by atoms with Gasteiger partial charge in [-0.05, 0) is 61.6 Å². The van der Waals surface area contributed by atoms with E-state index in [9.17, 15) is 4.79 Å². The van der Waals surface area contributed by atoms with E-state index in [4.69, 9.17) is 21.3 Å². The summed E-state index contributed by atoms with van der Waals surface area (Å²) in [5.41, 5.74) is 8.79. The lowest BCUT2D eigenvalue weighted by Gasteiger charge is -2.26. The minimum absolute atomic E-state index is 0.00475. The Bertz CT molecular complexity index is 1030. The monoisotopic (exact) mass is 420 g/mol. The number of nitrogens with two attached hydrogens (primary N) is 1. The van der Waals surface area contributed by atoms with Crippen LogP contribution in [0.15, 0.2) is 30.3 Å². The number of nitrogens with one attached hydrogen (secondary N) is 2. The van der Waals surface area contributed by atoms with Gasteiger partial charge in [0.25, 0.3) is 5.91 Å². The van der Waals surface area contributed by atoms with E-state index in [0.29, 0.717) is 35.9 Å². The fourth-order valence-corrected chi connectivity index (χ4v) is 3.72. The molecule has 1 amide bonds. The Morgan fingerprint density at radius 3 is 2.84 bits per heavy atom. The van der Waals surface area contributed by atoms with Gasteiger partial charge in [-0.15, -0.1) is 0 Å². The van der Waals surface area contributed by atoms with E-state index in [1.807, 2.05) is 19.9 Å². The van der Waals surface area contributed by atoms with E-state index in [-0.39, 0.29) is 23.9 Å². The van der Waals surface area contributed by atoms with Crippen molar-refractivity contribution in [2.45, 2.75) is 58.3 Å². The standard InChI is InChI=1S/C23H28N6O2/c1-3-14(2)29(13-25)22(26)20-5-4-6-21(27-20)28-12-19-15(11-24)9-17(31-16-7-8-16)10-18(19)23(28)30/h4-6,9-10,13-14,16,25-26H,3,7-8,11-12,24H2,1-2H3. The van der Waals surface area contributed by atoms with Crippen LogP contribution < -0.4 is 15.4 Å². The number of nitrogens with zero attached hydrogens (tertiary/aromatic N) is 3. The van der Waals surface area contributed by atoms with Crippen molar-refractivity contribution in [3.63, 3.8) is 0 Å². The van der Waals surface area contributed by atoms with Gasteiger partial charge in [0.1, 0.15) is 17.3 Å². The predicted octanol–water partition coefficient (Wildman–Crippen LogP) is 3.27. The zero-order valence-electron chi connectivity index (χ0n) is 17.9. The van der Waals surface area contributed by atoms with E-state index in [1.54, 1.807) is 34.1 Å². The summed E-state index contributed by atoms with van der Waals surface area (Å²) in [7, 11) is 0. The molecule has 162 valence electrons. The van der Waals surface area contributed by atoms with E-state index >= 15 is 0 Å². The number of carbonyl (C=O) groups is 1. The first-order valence-electron chi connectivity index (χ1n) is 10.7. The maximum Gasteiger partial charge on any atom is 0.260 e. The molecule has 0 bridgehead atoms. The van der Waals surface area contributed by atoms with Crippen LogP contribution >= 0.6 is 0 Å². The average Bonchev–Trinajstić information content (AvgIpc) is 3.55. The van der Waals surface area contributed by atoms with Crippen LogP contribution in [-0.4, -0.2) is 40.1 Å². The number of aromatic nitrogens is 1. The van der Waals surface area contributed by atoms with Gasteiger partial charge in [0.2, 0.25) is 0 Å². The maximum atomic E-state index is 13.2. The molecule has 2 aromatic rings. The molecular formula is C23H28N6O2. The molecule has 1 saturated carbocycles. The van der Waals surface area contributed by atoms with Crippen molar-refractivity contribution < 1.29 is 9.53 Å². The number of hydrogen-bond donors (Lipinski definition) is 3. The van der Waals surface area contributed by atoms with Crippen molar-refractivity contribution in [1.82, 2.24) is 9.88 Å². The van der Waals surface area contributed by atoms with Gasteiger partial charge in [0.15, 0.2) is 5.84 Å². The van der Waals surface area contributed by atoms with Gasteiger partial charge in [-0.3, -0.25) is 20.5 Å². The van der Waals surface area contributed by atoms with E-state index in [2.05, 4.69) is 4.98 Å². The highest BCUT2D eigenvalue weighted by molar-refractivity contribution is 6.10. The number of fused-ring (bicyclic) bond motifs is 1. The molecule has 4 rings (SSSR count). The van der Waals surface area contributed by atoms with Crippen LogP contribution in [0, 0.1) is 10.8 Å². The summed E-state index contributed by atoms with van der Waals surface area (Å²) in [5, 5.41) is 16.2. The molecule has 4 N–H and O–H groups in total. The minimum atomic E-state index is -0.145. The second kappa shape index (κ2) is 8.47. The maximum absolute atomic E-state index is 13.2. The van der Waals surface area contributed by atoms with Crippen LogP contribution in [0.3, 0.4) is 0 Å². The molecule has 8 heteroatoms. The van der Waals surface area contributed by atoms with Crippen LogP contribution in [0.1, 0.15) is 60.3 Å². The Kier molecular flexibility index (Phi) is 5.73. The Balaban J connectivity index is 1.63. The van der Waals surface area contributed by atoms with Gasteiger partial charge in [-0.2, -0.15) is 0 Å². The zero-order chi connectivity index (χ0) is 22.1. The van der Waals surface area contributed by atoms with E-state index < -0.39 is 0 Å². The number of amidine groups is 1. The van der Waals surface area contributed by atoms with Crippen LogP contribution in [0.2, 0.25) is 0 Å². The molecule has 0 saturated heterocycles. The highest BCUT2D eigenvalue weighted by Crippen LogP contribution is 2.35. The second-order valence-corrected chi connectivity index (χ2v) is 8.04. The van der Waals surface area contributed by atoms with Gasteiger partial charge in [-0.1, -0.05) is 13.0 Å². The Morgan fingerprint density at radius 2 is 2.19 bits per heavy atom. The molecular weight excluding hydrogens is 392 g/mol. The van der Waals surface area contributed by atoms with Crippen molar-refractivity contribution in [2.75, 3.05) is 4.90 Å². The number of rotatable bonds is 8. The van der Waals surface area contributed by atoms with Crippen molar-refractivity contribution in [2.24, 2.45) is 5.73 Å². The molecule has 1 atom stereocenters. The molecule has 31 heavy (non-hydrogen) atoms. The second-order valence-electron chi connectivity index (χ2n) is 8.04. The Hall–Kier alpha value is -3.26. The summed E-state index contributed by atoms with van der Waals surface area (Å²) in [5.74, 6) is 1.16. The molecule has 0 spiro atoms. The van der Waals surface area contributed by atoms with Gasteiger partial charge in [0, 0.05) is 18.2 Å². The third-order valence-electron chi connectivity index (χ3n) is 5.87. The van der Waals surface area contributed by atoms with Crippen LogP contribution in [0.4, 0.5) is 5.82 Å². The average molecular weight is 421 g/mol. The van der Waals surface area contributed by atoms with Gasteiger partial charge < -0.3 is 15.4 Å². The summed E-state index contributed by atoms with van der Waals surface area (Å²) < 4.78 is 5.91. The normalized spacial score (nSPS) is 16.1. The third kappa shape index (κ3) is 4.03. The molecule has 1 aromatic carbocycles. The van der Waals surface area contributed by atoms with Crippen molar-refractivity contribution in [3.05, 3.63) is 52.7 Å². The summed E-state index contributed by atoms with van der Waals surface area (Å²) in [4.78, 5) is 21.0. The first kappa shape index (κ1) is 21.0. The van der Waals surface area contributed by atoms with Crippen LogP contribution in [0.5, 0.6) is 5.75 Å². The van der Waals surface area contributed by atoms with Crippen molar-refractivity contribution in [1.29, 1.82) is 10.8 Å². The molecule has 1 aliphatic carbocycles. The highest BCUT2D eigenvalue weighted by Gasteiger charge is 2.33. The number of pyridine rings is 1. The summed E-state index contributed by atoms with van der Waals surface area (Å²) in [6.07, 6.45) is 4.27. The lowest BCUT2D eigenvalue weighted by atomic mass is 10.0. The lowest BCUT2D eigenvalue weighted by molar-refractivity contribution is 0.0995. The number of benzene rings is 1. The highest BCUT2D eigenvalue weighted by atomic mass is 16.5. The summed E-state index contributed by atoms with van der Waals surface area (Å²) >= 11 is 0. The van der Waals surface area contributed by atoms with Crippen LogP contribution in [-0.2, 0) is 13.1 Å². The fraction of sp³-hybridized carbons (Fsp3) is 0.391. The zero-order valence-corrected chi connectivity index (χ0v) is 17.9. The van der Waals surface area contributed by atoms with Crippen molar-refractivity contribution in [3.8, 4) is 5.75 Å². The number of carbonyl (C=O) groups excluding carboxylic acids is 1. The fourth-order valence-electron chi connectivity index (χ4n) is 3.72. The first-order chi connectivity index (χ1) is 15.0. The number of amides is 1. The predicted molar refractivity (Wildman–Crippen MR) is 120 cm³/mol. The van der Waals surface area contributed by atoms with Gasteiger partial charge >= 0.3 is 0 Å². The first-order valence-corrected chi connectivity index (χ1v) is 10.7. The smallest absolute Gasteiger partial charge is 0.260 e. The SMILES string of the molecule is CCC(C)N(C=N)C(=N)c1cccc(N2Cc3c(CN)cc(OC4CC4)cc3C2=O)n1. The van der Waals surface area contributed by atoms with E-state index in [0.717, 1.165) is 36.7 Å². The largest absolute Gasteiger partial charge is 0.490 e. The number of hydrogen-bond acceptors (Lipinski definition) is 6. The molecule has 2 heterocycles. The Morgan fingerprint density at radius 1 is 1.42 bits per heavy atom. The van der Waals surface area contributed by atoms with Gasteiger partial charge in [0.05, 0.1) is 19.0 Å². The lowest BCUT2D eigenvalue weighted by Crippen LogP contribution is -2.37. The number of ether oxygens (including phenoxy) is 1. The topological polar surface area (TPSA) is 119 Å². The van der Waals surface area contributed by atoms with E-state index in [1.165, 1.54) is 0 Å². The quantitative estimate of drug-likeness (QED) is 0.447. The minimum Gasteiger partial charge on any atom is -0.490 e. The summed E-state index contributed by atoms with van der Waals surface area (Å²) in [6, 6.07) is 9.02. The summed E-state index contributed by atoms with van der Waals surface area (Å²) in [6.45, 7) is 4.68. The third-order valence-corrected chi connectivity index (χ3v) is 5.87. The van der Waals surface area contributed by atoms with Gasteiger partial charge in [-0.25, -0.2) is 4.98 Å². The molecule has 0 radical (unpaired) electrons. The molecule has 1 aliphatic heterocycles. The molecule has 8 nitrogen and oxygen atoms in total. The van der Waals surface area contributed by atoms with Crippen molar-refractivity contribution >= 4 is 23.9 Å². The molecule has 1 unspecified atom stereocenters. The molecule has 1 aromatic heterocycles.